The summed E-state index contributed by atoms with van der Waals surface area (Å²) in [7, 11) is 0. The van der Waals surface area contributed by atoms with Crippen LogP contribution in [0.2, 0.25) is 0 Å². The third kappa shape index (κ3) is 4.41. The van der Waals surface area contributed by atoms with Gasteiger partial charge >= 0.3 is 17.8 Å². The molecule has 1 aromatic heterocycles. The Morgan fingerprint density at radius 1 is 1.53 bits per heavy atom. The van der Waals surface area contributed by atoms with E-state index in [2.05, 4.69) is 9.72 Å². The van der Waals surface area contributed by atoms with Crippen LogP contribution >= 0.6 is 0 Å². The number of alkyl halides is 3. The number of aromatic carboxylic acids is 1. The van der Waals surface area contributed by atoms with Crippen LogP contribution in [0.3, 0.4) is 0 Å². The molecule has 19 heavy (non-hydrogen) atoms. The normalized spacial score (nSPS) is 11.1. The van der Waals surface area contributed by atoms with E-state index in [-0.39, 0.29) is 0 Å². The molecule has 0 unspecified atom stereocenters. The van der Waals surface area contributed by atoms with Gasteiger partial charge in [0, 0.05) is 12.3 Å². The van der Waals surface area contributed by atoms with E-state index in [1.807, 2.05) is 0 Å². The number of halogens is 3. The summed E-state index contributed by atoms with van der Waals surface area (Å²) >= 11 is 0. The van der Waals surface area contributed by atoms with Gasteiger partial charge in [0.1, 0.15) is 0 Å². The van der Waals surface area contributed by atoms with Crippen LogP contribution in [0.1, 0.15) is 16.8 Å². The molecule has 0 saturated heterocycles. The molecule has 0 aromatic carbocycles. The van der Waals surface area contributed by atoms with Crippen LogP contribution in [0, 0.1) is 10.1 Å². The van der Waals surface area contributed by atoms with Crippen LogP contribution in [-0.2, 0) is 0 Å². The van der Waals surface area contributed by atoms with E-state index in [9.17, 15) is 28.1 Å². The molecule has 0 aliphatic carbocycles. The van der Waals surface area contributed by atoms with Crippen molar-refractivity contribution in [3.8, 4) is 5.88 Å². The fraction of sp³-hybridized carbons (Fsp3) is 0.333. The quantitative estimate of drug-likeness (QED) is 0.653. The summed E-state index contributed by atoms with van der Waals surface area (Å²) in [5, 5.41) is 19.2. The van der Waals surface area contributed by atoms with E-state index in [1.54, 1.807) is 0 Å². The standard InChI is InChI=1S/C9H7F3N2O5/c10-9(11,12)1-2-19-7-6(14(17)18)3-5(4-13-7)8(15)16/h3-4H,1-2H2,(H,15,16). The second-order valence-corrected chi connectivity index (χ2v) is 3.32. The average molecular weight is 280 g/mol. The maximum atomic E-state index is 11.9. The largest absolute Gasteiger partial charge is 0.478 e. The van der Waals surface area contributed by atoms with Crippen molar-refractivity contribution in [3.05, 3.63) is 27.9 Å². The van der Waals surface area contributed by atoms with Gasteiger partial charge in [0.15, 0.2) is 0 Å². The molecule has 0 atom stereocenters. The molecule has 1 rings (SSSR count). The van der Waals surface area contributed by atoms with E-state index in [4.69, 9.17) is 5.11 Å². The zero-order chi connectivity index (χ0) is 14.6. The van der Waals surface area contributed by atoms with Crippen LogP contribution < -0.4 is 4.74 Å². The van der Waals surface area contributed by atoms with Crippen LogP contribution in [0.4, 0.5) is 18.9 Å². The van der Waals surface area contributed by atoms with Gasteiger partial charge in [-0.05, 0) is 0 Å². The van der Waals surface area contributed by atoms with Crippen molar-refractivity contribution >= 4 is 11.7 Å². The van der Waals surface area contributed by atoms with Crippen LogP contribution in [0.25, 0.3) is 0 Å². The molecular formula is C9H7F3N2O5. The molecule has 0 aliphatic heterocycles. The summed E-state index contributed by atoms with van der Waals surface area (Å²) in [5.41, 5.74) is -1.27. The summed E-state index contributed by atoms with van der Waals surface area (Å²) < 4.78 is 40.2. The van der Waals surface area contributed by atoms with E-state index < -0.39 is 47.2 Å². The number of ether oxygens (including phenoxy) is 1. The number of carboxylic acid groups (broad SMARTS) is 1. The van der Waals surface area contributed by atoms with Crippen LogP contribution in [0.5, 0.6) is 5.88 Å². The topological polar surface area (TPSA) is 103 Å². The average Bonchev–Trinajstić information content (AvgIpc) is 2.27. The number of hydrogen-bond acceptors (Lipinski definition) is 5. The van der Waals surface area contributed by atoms with E-state index in [0.717, 1.165) is 6.20 Å². The number of nitrogens with zero attached hydrogens (tertiary/aromatic N) is 2. The Balaban J connectivity index is 2.89. The number of rotatable bonds is 5. The second kappa shape index (κ2) is 5.50. The second-order valence-electron chi connectivity index (χ2n) is 3.32. The number of hydrogen-bond donors (Lipinski definition) is 1. The summed E-state index contributed by atoms with van der Waals surface area (Å²) in [6.07, 6.45) is -5.00. The van der Waals surface area contributed by atoms with Crippen LogP contribution in [0.15, 0.2) is 12.3 Å². The van der Waals surface area contributed by atoms with Crippen molar-refractivity contribution in [1.29, 1.82) is 0 Å². The van der Waals surface area contributed by atoms with Crippen molar-refractivity contribution < 1.29 is 32.7 Å². The summed E-state index contributed by atoms with van der Waals surface area (Å²) in [6, 6.07) is 0.665. The van der Waals surface area contributed by atoms with Gasteiger partial charge in [0.2, 0.25) is 0 Å². The monoisotopic (exact) mass is 280 g/mol. The fourth-order valence-corrected chi connectivity index (χ4v) is 1.06. The molecule has 0 saturated carbocycles. The number of carboxylic acids is 1. The minimum Gasteiger partial charge on any atom is -0.478 e. The third-order valence-electron chi connectivity index (χ3n) is 1.90. The van der Waals surface area contributed by atoms with Gasteiger partial charge < -0.3 is 9.84 Å². The predicted molar refractivity (Wildman–Crippen MR) is 54.0 cm³/mol. The summed E-state index contributed by atoms with van der Waals surface area (Å²) in [5.74, 6) is -2.10. The van der Waals surface area contributed by atoms with Gasteiger partial charge in [0.05, 0.1) is 23.5 Å². The zero-order valence-electron chi connectivity index (χ0n) is 9.18. The Morgan fingerprint density at radius 3 is 2.63 bits per heavy atom. The van der Waals surface area contributed by atoms with Gasteiger partial charge in [-0.15, -0.1) is 0 Å². The Labute approximate surface area is 103 Å². The lowest BCUT2D eigenvalue weighted by molar-refractivity contribution is -0.386. The maximum Gasteiger partial charge on any atom is 0.392 e. The lowest BCUT2D eigenvalue weighted by atomic mass is 10.2. The molecule has 0 fully saturated rings. The van der Waals surface area contributed by atoms with Crippen molar-refractivity contribution in [1.82, 2.24) is 4.98 Å². The predicted octanol–water partition coefficient (Wildman–Crippen LogP) is 2.02. The molecule has 0 aliphatic rings. The zero-order valence-corrected chi connectivity index (χ0v) is 9.18. The molecule has 0 bridgehead atoms. The molecule has 1 aromatic rings. The van der Waals surface area contributed by atoms with E-state index >= 15 is 0 Å². The number of pyridine rings is 1. The van der Waals surface area contributed by atoms with Crippen LogP contribution in [-0.4, -0.2) is 33.8 Å². The van der Waals surface area contributed by atoms with Crippen molar-refractivity contribution in [3.63, 3.8) is 0 Å². The Bertz CT molecular complexity index is 503. The van der Waals surface area contributed by atoms with Crippen molar-refractivity contribution in [2.24, 2.45) is 0 Å². The fourth-order valence-electron chi connectivity index (χ4n) is 1.06. The smallest absolute Gasteiger partial charge is 0.392 e. The van der Waals surface area contributed by atoms with Gasteiger partial charge in [-0.3, -0.25) is 10.1 Å². The number of aromatic nitrogens is 1. The van der Waals surface area contributed by atoms with Crippen molar-refractivity contribution in [2.45, 2.75) is 12.6 Å². The third-order valence-corrected chi connectivity index (χ3v) is 1.90. The SMILES string of the molecule is O=C(O)c1cnc(OCCC(F)(F)F)c([N+](=O)[O-])c1. The lowest BCUT2D eigenvalue weighted by Gasteiger charge is -2.08. The lowest BCUT2D eigenvalue weighted by Crippen LogP contribution is -2.14. The highest BCUT2D eigenvalue weighted by atomic mass is 19.4. The number of nitro groups is 1. The highest BCUT2D eigenvalue weighted by Crippen LogP contribution is 2.26. The van der Waals surface area contributed by atoms with Gasteiger partial charge in [-0.25, -0.2) is 9.78 Å². The Morgan fingerprint density at radius 2 is 2.16 bits per heavy atom. The first-order valence-corrected chi connectivity index (χ1v) is 4.78. The first-order chi connectivity index (χ1) is 8.70. The first kappa shape index (κ1) is 14.7. The van der Waals surface area contributed by atoms with Gasteiger partial charge in [0.25, 0.3) is 5.88 Å². The number of carbonyl (C=O) groups is 1. The molecule has 1 heterocycles. The summed E-state index contributed by atoms with van der Waals surface area (Å²) in [4.78, 5) is 23.6. The molecule has 1 N–H and O–H groups in total. The molecule has 0 radical (unpaired) electrons. The summed E-state index contributed by atoms with van der Waals surface area (Å²) in [6.45, 7) is -0.843. The molecule has 10 heteroatoms. The van der Waals surface area contributed by atoms with E-state index in [1.165, 1.54) is 0 Å². The van der Waals surface area contributed by atoms with Gasteiger partial charge in [-0.2, -0.15) is 13.2 Å². The molecule has 104 valence electrons. The molecule has 7 nitrogen and oxygen atoms in total. The molecular weight excluding hydrogens is 273 g/mol. The minimum absolute atomic E-state index is 0.463. The maximum absolute atomic E-state index is 11.9. The molecule has 0 amide bonds. The highest BCUT2D eigenvalue weighted by Gasteiger charge is 2.28. The van der Waals surface area contributed by atoms with Gasteiger partial charge in [-0.1, -0.05) is 0 Å². The first-order valence-electron chi connectivity index (χ1n) is 4.78. The molecule has 0 spiro atoms. The van der Waals surface area contributed by atoms with Crippen molar-refractivity contribution in [2.75, 3.05) is 6.61 Å². The van der Waals surface area contributed by atoms with E-state index in [0.29, 0.717) is 6.07 Å². The highest BCUT2D eigenvalue weighted by molar-refractivity contribution is 5.88. The Kier molecular flexibility index (Phi) is 4.25. The minimum atomic E-state index is -4.46. The Hall–Kier alpha value is -2.39.